The van der Waals surface area contributed by atoms with E-state index < -0.39 is 5.97 Å². The fourth-order valence-corrected chi connectivity index (χ4v) is 3.36. The van der Waals surface area contributed by atoms with Gasteiger partial charge in [0.1, 0.15) is 5.76 Å². The first-order valence-electron chi connectivity index (χ1n) is 9.49. The Balaban J connectivity index is 1.81. The van der Waals surface area contributed by atoms with Gasteiger partial charge < -0.3 is 15.2 Å². The summed E-state index contributed by atoms with van der Waals surface area (Å²) in [6.45, 7) is 5.24. The summed E-state index contributed by atoms with van der Waals surface area (Å²) in [5, 5.41) is 12.6. The van der Waals surface area contributed by atoms with Crippen LogP contribution in [0.3, 0.4) is 0 Å². The van der Waals surface area contributed by atoms with Gasteiger partial charge in [-0.1, -0.05) is 35.7 Å². The van der Waals surface area contributed by atoms with Crippen molar-refractivity contribution < 1.29 is 14.6 Å². The Labute approximate surface area is 171 Å². The number of pyridine rings is 1. The highest BCUT2D eigenvalue weighted by Crippen LogP contribution is 2.29. The van der Waals surface area contributed by atoms with Crippen LogP contribution in [-0.2, 0) is 4.74 Å². The molecule has 5 heteroatoms. The molecule has 0 radical (unpaired) electrons. The van der Waals surface area contributed by atoms with E-state index in [0.29, 0.717) is 18.8 Å². The Morgan fingerprint density at radius 1 is 1.41 bits per heavy atom. The second-order valence-corrected chi connectivity index (χ2v) is 7.06. The fraction of sp³-hybridized carbons (Fsp3) is 0.250. The number of benzene rings is 1. The van der Waals surface area contributed by atoms with Crippen LogP contribution < -0.4 is 5.32 Å². The second-order valence-electron chi connectivity index (χ2n) is 7.06. The number of ether oxygens (including phenoxy) is 1. The summed E-state index contributed by atoms with van der Waals surface area (Å²) in [5.74, 6) is 2.77. The average Bonchev–Trinajstić information content (AvgIpc) is 2.72. The minimum Gasteiger partial charge on any atom is -0.494 e. The van der Waals surface area contributed by atoms with E-state index in [2.05, 4.69) is 22.3 Å². The van der Waals surface area contributed by atoms with Crippen molar-refractivity contribution in [2.75, 3.05) is 18.5 Å². The van der Waals surface area contributed by atoms with Gasteiger partial charge in [0.2, 0.25) is 0 Å². The number of aryl methyl sites for hydroxylation is 1. The van der Waals surface area contributed by atoms with Crippen LogP contribution in [0.1, 0.15) is 34.8 Å². The zero-order valence-electron chi connectivity index (χ0n) is 16.6. The summed E-state index contributed by atoms with van der Waals surface area (Å²) in [6, 6.07) is 9.56. The highest BCUT2D eigenvalue weighted by molar-refractivity contribution is 5.93. The Morgan fingerprint density at radius 2 is 2.24 bits per heavy atom. The summed E-state index contributed by atoms with van der Waals surface area (Å²) in [7, 11) is 0. The number of anilines is 1. The molecule has 0 aliphatic carbocycles. The summed E-state index contributed by atoms with van der Waals surface area (Å²) < 4.78 is 5.89. The van der Waals surface area contributed by atoms with Crippen molar-refractivity contribution in [3.05, 3.63) is 76.8 Å². The Morgan fingerprint density at radius 3 is 2.97 bits per heavy atom. The van der Waals surface area contributed by atoms with Crippen LogP contribution in [0.25, 0.3) is 5.57 Å². The maximum atomic E-state index is 11.4. The molecule has 5 nitrogen and oxygen atoms in total. The number of aromatic nitrogens is 1. The predicted octanol–water partition coefficient (Wildman–Crippen LogP) is 4.53. The van der Waals surface area contributed by atoms with Crippen LogP contribution in [0.15, 0.2) is 60.1 Å². The van der Waals surface area contributed by atoms with E-state index >= 15 is 0 Å². The zero-order chi connectivity index (χ0) is 20.8. The molecule has 0 saturated heterocycles. The molecule has 3 rings (SSSR count). The molecule has 29 heavy (non-hydrogen) atoms. The first-order valence-corrected chi connectivity index (χ1v) is 9.49. The third kappa shape index (κ3) is 4.85. The highest BCUT2D eigenvalue weighted by Gasteiger charge is 2.21. The van der Waals surface area contributed by atoms with Gasteiger partial charge in [-0.25, -0.2) is 4.79 Å². The molecule has 2 heterocycles. The van der Waals surface area contributed by atoms with Gasteiger partial charge in [0.25, 0.3) is 0 Å². The summed E-state index contributed by atoms with van der Waals surface area (Å²) in [5.41, 5.74) is 4.72. The number of rotatable bonds is 6. The van der Waals surface area contributed by atoms with Crippen LogP contribution in [0.4, 0.5) is 5.69 Å². The standard InChI is InChI=1S/C24H24N2O3/c1-4-18(19-7-5-6-16(2)12-19)13-23-17(3)20(9-11-29-23)14-26-22-15-25-10-8-21(22)24(27)28/h1,5-8,10,12-13,15,20,26H,9,11,14H2,2-3H3,(H,27,28)/b18-13+/t20-/m1/s1. The lowest BCUT2D eigenvalue weighted by Gasteiger charge is -2.27. The van der Waals surface area contributed by atoms with E-state index in [1.807, 2.05) is 38.1 Å². The van der Waals surface area contributed by atoms with Crippen LogP contribution >= 0.6 is 0 Å². The van der Waals surface area contributed by atoms with Gasteiger partial charge >= 0.3 is 5.97 Å². The number of terminal acetylenes is 1. The molecule has 0 bridgehead atoms. The molecule has 0 saturated carbocycles. The lowest BCUT2D eigenvalue weighted by Crippen LogP contribution is -2.23. The van der Waals surface area contributed by atoms with Crippen molar-refractivity contribution in [3.63, 3.8) is 0 Å². The van der Waals surface area contributed by atoms with Crippen LogP contribution in [0, 0.1) is 25.2 Å². The molecule has 2 aromatic rings. The van der Waals surface area contributed by atoms with Crippen LogP contribution in [0.2, 0.25) is 0 Å². The molecule has 0 unspecified atom stereocenters. The smallest absolute Gasteiger partial charge is 0.337 e. The molecule has 0 spiro atoms. The monoisotopic (exact) mass is 388 g/mol. The molecular formula is C24H24N2O3. The van der Waals surface area contributed by atoms with E-state index in [1.165, 1.54) is 18.5 Å². The second kappa shape index (κ2) is 9.11. The van der Waals surface area contributed by atoms with Crippen LogP contribution in [0.5, 0.6) is 0 Å². The van der Waals surface area contributed by atoms with Crippen molar-refractivity contribution in [2.24, 2.45) is 5.92 Å². The van der Waals surface area contributed by atoms with E-state index in [-0.39, 0.29) is 11.5 Å². The SMILES string of the molecule is C#C/C(=C\C1=C(C)[C@@H](CNc2cnccc2C(=O)O)CCO1)c1cccc(C)c1. The van der Waals surface area contributed by atoms with Crippen molar-refractivity contribution in [1.82, 2.24) is 4.98 Å². The molecule has 2 N–H and O–H groups in total. The number of carbonyl (C=O) groups is 1. The minimum atomic E-state index is -0.977. The lowest BCUT2D eigenvalue weighted by atomic mass is 9.92. The Bertz CT molecular complexity index is 1010. The first-order chi connectivity index (χ1) is 14.0. The maximum Gasteiger partial charge on any atom is 0.337 e. The average molecular weight is 388 g/mol. The quantitative estimate of drug-likeness (QED) is 0.712. The van der Waals surface area contributed by atoms with Gasteiger partial charge in [-0.15, -0.1) is 6.42 Å². The van der Waals surface area contributed by atoms with Crippen molar-refractivity contribution in [1.29, 1.82) is 0 Å². The van der Waals surface area contributed by atoms with E-state index in [1.54, 1.807) is 0 Å². The first kappa shape index (κ1) is 20.2. The zero-order valence-corrected chi connectivity index (χ0v) is 16.6. The number of allylic oxidation sites excluding steroid dienone is 2. The number of hydrogen-bond donors (Lipinski definition) is 2. The molecule has 148 valence electrons. The van der Waals surface area contributed by atoms with E-state index in [0.717, 1.165) is 34.5 Å². The molecule has 1 aromatic heterocycles. The number of carboxylic acids is 1. The summed E-state index contributed by atoms with van der Waals surface area (Å²) in [6.07, 6.45) is 11.5. The largest absolute Gasteiger partial charge is 0.494 e. The number of aromatic carboxylic acids is 1. The highest BCUT2D eigenvalue weighted by atomic mass is 16.5. The molecule has 1 aliphatic rings. The molecule has 1 atom stereocenters. The Kier molecular flexibility index (Phi) is 6.36. The predicted molar refractivity (Wildman–Crippen MR) is 114 cm³/mol. The molecule has 0 amide bonds. The summed E-state index contributed by atoms with van der Waals surface area (Å²) in [4.78, 5) is 15.4. The number of hydrogen-bond acceptors (Lipinski definition) is 4. The van der Waals surface area contributed by atoms with Gasteiger partial charge in [0, 0.05) is 24.2 Å². The molecule has 1 aromatic carbocycles. The Hall–Kier alpha value is -3.52. The molecule has 0 fully saturated rings. The van der Waals surface area contributed by atoms with Gasteiger partial charge in [-0.2, -0.15) is 0 Å². The van der Waals surface area contributed by atoms with Gasteiger partial charge in [-0.05, 0) is 43.5 Å². The van der Waals surface area contributed by atoms with Gasteiger partial charge in [0.05, 0.1) is 24.1 Å². The van der Waals surface area contributed by atoms with Crippen molar-refractivity contribution >= 4 is 17.2 Å². The summed E-state index contributed by atoms with van der Waals surface area (Å²) >= 11 is 0. The third-order valence-electron chi connectivity index (χ3n) is 5.08. The van der Waals surface area contributed by atoms with Crippen molar-refractivity contribution in [3.8, 4) is 12.3 Å². The lowest BCUT2D eigenvalue weighted by molar-refractivity contribution is 0.0697. The van der Waals surface area contributed by atoms with Crippen molar-refractivity contribution in [2.45, 2.75) is 20.3 Å². The molecular weight excluding hydrogens is 364 g/mol. The fourth-order valence-electron chi connectivity index (χ4n) is 3.36. The minimum absolute atomic E-state index is 0.202. The topological polar surface area (TPSA) is 71.5 Å². The normalized spacial score (nSPS) is 16.7. The number of nitrogens with one attached hydrogen (secondary N) is 1. The van der Waals surface area contributed by atoms with Gasteiger partial charge in [0.15, 0.2) is 0 Å². The van der Waals surface area contributed by atoms with E-state index in [9.17, 15) is 9.90 Å². The number of carboxylic acid groups (broad SMARTS) is 1. The number of nitrogens with zero attached hydrogens (tertiary/aromatic N) is 1. The van der Waals surface area contributed by atoms with Crippen LogP contribution in [-0.4, -0.2) is 29.2 Å². The maximum absolute atomic E-state index is 11.4. The third-order valence-corrected chi connectivity index (χ3v) is 5.08. The van der Waals surface area contributed by atoms with Gasteiger partial charge in [-0.3, -0.25) is 4.98 Å². The van der Waals surface area contributed by atoms with E-state index in [4.69, 9.17) is 11.2 Å². The molecule has 1 aliphatic heterocycles.